The molecule has 0 radical (unpaired) electrons. The Balaban J connectivity index is 2.61. The predicted octanol–water partition coefficient (Wildman–Crippen LogP) is 3.61. The summed E-state index contributed by atoms with van der Waals surface area (Å²) in [7, 11) is 0. The average molecular weight is 263 g/mol. The summed E-state index contributed by atoms with van der Waals surface area (Å²) in [5, 5.41) is 9.88. The topological polar surface area (TPSA) is 23.5 Å². The van der Waals surface area contributed by atoms with Gasteiger partial charge in [0.1, 0.15) is 0 Å². The Morgan fingerprint density at radius 2 is 2.00 bits per heavy atom. The van der Waals surface area contributed by atoms with Crippen molar-refractivity contribution in [3.63, 3.8) is 0 Å². The van der Waals surface area contributed by atoms with Crippen LogP contribution in [0.3, 0.4) is 0 Å². The molecule has 0 spiro atoms. The van der Waals surface area contributed by atoms with Gasteiger partial charge in [-0.25, -0.2) is 0 Å². The first-order valence-electron chi connectivity index (χ1n) is 7.47. The molecule has 1 atom stereocenters. The maximum absolute atomic E-state index is 9.88. The molecule has 1 aromatic carbocycles. The highest BCUT2D eigenvalue weighted by Gasteiger charge is 2.11. The molecule has 1 N–H and O–H groups in total. The van der Waals surface area contributed by atoms with E-state index in [9.17, 15) is 5.11 Å². The number of aliphatic hydroxyl groups is 1. The molecule has 0 aliphatic rings. The molecule has 0 amide bonds. The summed E-state index contributed by atoms with van der Waals surface area (Å²) < 4.78 is 0. The molecular formula is C17H29NO. The van der Waals surface area contributed by atoms with Gasteiger partial charge in [0.05, 0.1) is 6.10 Å². The zero-order valence-electron chi connectivity index (χ0n) is 12.9. The minimum absolute atomic E-state index is 0.211. The van der Waals surface area contributed by atoms with Crippen LogP contribution in [0.4, 0.5) is 0 Å². The summed E-state index contributed by atoms with van der Waals surface area (Å²) >= 11 is 0. The van der Waals surface area contributed by atoms with E-state index in [1.165, 1.54) is 17.5 Å². The first kappa shape index (κ1) is 16.2. The number of benzene rings is 1. The maximum atomic E-state index is 9.88. The molecule has 0 heterocycles. The average Bonchev–Trinajstić information content (AvgIpc) is 2.35. The highest BCUT2D eigenvalue weighted by molar-refractivity contribution is 5.22. The molecule has 1 rings (SSSR count). The molecule has 0 saturated heterocycles. The van der Waals surface area contributed by atoms with Gasteiger partial charge in [-0.05, 0) is 37.8 Å². The van der Waals surface area contributed by atoms with E-state index in [0.29, 0.717) is 5.92 Å². The molecule has 2 nitrogen and oxygen atoms in total. The van der Waals surface area contributed by atoms with E-state index in [1.54, 1.807) is 0 Å². The maximum Gasteiger partial charge on any atom is 0.0664 e. The molecule has 108 valence electrons. The molecule has 19 heavy (non-hydrogen) atoms. The summed E-state index contributed by atoms with van der Waals surface area (Å²) in [4.78, 5) is 2.38. The van der Waals surface area contributed by atoms with Gasteiger partial charge >= 0.3 is 0 Å². The highest BCUT2D eigenvalue weighted by Crippen LogP contribution is 2.11. The third kappa shape index (κ3) is 6.74. The first-order chi connectivity index (χ1) is 9.01. The Morgan fingerprint density at radius 1 is 1.26 bits per heavy atom. The molecule has 0 saturated carbocycles. The number of nitrogens with zero attached hydrogens (tertiary/aromatic N) is 1. The van der Waals surface area contributed by atoms with Gasteiger partial charge < -0.3 is 5.11 Å². The fourth-order valence-corrected chi connectivity index (χ4v) is 2.17. The van der Waals surface area contributed by atoms with Crippen molar-refractivity contribution < 1.29 is 5.11 Å². The van der Waals surface area contributed by atoms with E-state index in [4.69, 9.17) is 0 Å². The normalized spacial score (nSPS) is 13.2. The van der Waals surface area contributed by atoms with Crippen LogP contribution in [0, 0.1) is 12.8 Å². The third-order valence-electron chi connectivity index (χ3n) is 3.45. The van der Waals surface area contributed by atoms with Crippen LogP contribution in [0.15, 0.2) is 24.3 Å². The number of rotatable bonds is 8. The third-order valence-corrected chi connectivity index (χ3v) is 3.45. The van der Waals surface area contributed by atoms with Crippen molar-refractivity contribution >= 4 is 0 Å². The smallest absolute Gasteiger partial charge is 0.0664 e. The lowest BCUT2D eigenvalue weighted by molar-refractivity contribution is 0.102. The molecule has 0 aromatic heterocycles. The SMILES string of the molecule is CCC(O)CN(CCC(C)C)Cc1cccc(C)c1. The van der Waals surface area contributed by atoms with Gasteiger partial charge in [-0.15, -0.1) is 0 Å². The quantitative estimate of drug-likeness (QED) is 0.774. The fraction of sp³-hybridized carbons (Fsp3) is 0.647. The van der Waals surface area contributed by atoms with Crippen molar-refractivity contribution in [3.05, 3.63) is 35.4 Å². The zero-order valence-corrected chi connectivity index (χ0v) is 12.9. The van der Waals surface area contributed by atoms with E-state index in [1.807, 2.05) is 6.92 Å². The monoisotopic (exact) mass is 263 g/mol. The number of aliphatic hydroxyl groups excluding tert-OH is 1. The van der Waals surface area contributed by atoms with Crippen molar-refractivity contribution in [3.8, 4) is 0 Å². The van der Waals surface area contributed by atoms with Gasteiger partial charge in [-0.3, -0.25) is 4.90 Å². The summed E-state index contributed by atoms with van der Waals surface area (Å²) in [6.07, 6.45) is 1.80. The van der Waals surface area contributed by atoms with Gasteiger partial charge in [0.25, 0.3) is 0 Å². The van der Waals surface area contributed by atoms with Crippen LogP contribution in [0.1, 0.15) is 44.7 Å². The first-order valence-corrected chi connectivity index (χ1v) is 7.47. The van der Waals surface area contributed by atoms with Crippen molar-refractivity contribution in [1.82, 2.24) is 4.90 Å². The summed E-state index contributed by atoms with van der Waals surface area (Å²) in [6.45, 7) is 11.4. The Morgan fingerprint density at radius 3 is 2.58 bits per heavy atom. The van der Waals surface area contributed by atoms with Crippen LogP contribution in [-0.2, 0) is 6.54 Å². The van der Waals surface area contributed by atoms with Gasteiger partial charge in [-0.1, -0.05) is 50.6 Å². The second kappa shape index (κ2) is 8.34. The fourth-order valence-electron chi connectivity index (χ4n) is 2.17. The van der Waals surface area contributed by atoms with Gasteiger partial charge in [-0.2, -0.15) is 0 Å². The van der Waals surface area contributed by atoms with Gasteiger partial charge in [0.2, 0.25) is 0 Å². The minimum atomic E-state index is -0.211. The lowest BCUT2D eigenvalue weighted by Crippen LogP contribution is -2.33. The second-order valence-electron chi connectivity index (χ2n) is 5.97. The van der Waals surface area contributed by atoms with Crippen LogP contribution >= 0.6 is 0 Å². The largest absolute Gasteiger partial charge is 0.392 e. The Hall–Kier alpha value is -0.860. The molecule has 0 bridgehead atoms. The Bertz CT molecular complexity index is 362. The van der Waals surface area contributed by atoms with E-state index >= 15 is 0 Å². The van der Waals surface area contributed by atoms with Gasteiger partial charge in [0.15, 0.2) is 0 Å². The Labute approximate surface area is 118 Å². The van der Waals surface area contributed by atoms with Crippen LogP contribution in [-0.4, -0.2) is 29.2 Å². The Kier molecular flexibility index (Phi) is 7.11. The van der Waals surface area contributed by atoms with E-state index in [2.05, 4.69) is 49.9 Å². The van der Waals surface area contributed by atoms with E-state index < -0.39 is 0 Å². The standard InChI is InChI=1S/C17H29NO/c1-5-17(19)13-18(10-9-14(2)3)12-16-8-6-7-15(4)11-16/h6-8,11,14,17,19H,5,9-10,12-13H2,1-4H3. The van der Waals surface area contributed by atoms with Crippen LogP contribution < -0.4 is 0 Å². The predicted molar refractivity (Wildman–Crippen MR) is 82.2 cm³/mol. The number of aryl methyl sites for hydroxylation is 1. The molecule has 0 aliphatic heterocycles. The molecule has 0 fully saturated rings. The molecule has 0 aliphatic carbocycles. The molecule has 1 aromatic rings. The van der Waals surface area contributed by atoms with Crippen LogP contribution in [0.5, 0.6) is 0 Å². The molecule has 2 heteroatoms. The van der Waals surface area contributed by atoms with Crippen molar-refractivity contribution in [2.75, 3.05) is 13.1 Å². The second-order valence-corrected chi connectivity index (χ2v) is 5.97. The van der Waals surface area contributed by atoms with Crippen molar-refractivity contribution in [2.24, 2.45) is 5.92 Å². The summed E-state index contributed by atoms with van der Waals surface area (Å²) in [6, 6.07) is 8.65. The van der Waals surface area contributed by atoms with E-state index in [-0.39, 0.29) is 6.10 Å². The van der Waals surface area contributed by atoms with Crippen molar-refractivity contribution in [2.45, 2.75) is 53.2 Å². The van der Waals surface area contributed by atoms with Crippen LogP contribution in [0.25, 0.3) is 0 Å². The van der Waals surface area contributed by atoms with Crippen LogP contribution in [0.2, 0.25) is 0 Å². The number of hydrogen-bond acceptors (Lipinski definition) is 2. The number of hydrogen-bond donors (Lipinski definition) is 1. The van der Waals surface area contributed by atoms with E-state index in [0.717, 1.165) is 26.1 Å². The lowest BCUT2D eigenvalue weighted by Gasteiger charge is -2.25. The van der Waals surface area contributed by atoms with Crippen molar-refractivity contribution in [1.29, 1.82) is 0 Å². The molecule has 1 unspecified atom stereocenters. The summed E-state index contributed by atoms with van der Waals surface area (Å²) in [5.41, 5.74) is 2.64. The lowest BCUT2D eigenvalue weighted by atomic mass is 10.1. The van der Waals surface area contributed by atoms with Gasteiger partial charge in [0, 0.05) is 13.1 Å². The zero-order chi connectivity index (χ0) is 14.3. The molecular weight excluding hydrogens is 234 g/mol. The minimum Gasteiger partial charge on any atom is -0.392 e. The summed E-state index contributed by atoms with van der Waals surface area (Å²) in [5.74, 6) is 0.707. The highest BCUT2D eigenvalue weighted by atomic mass is 16.3.